The van der Waals surface area contributed by atoms with Crippen LogP contribution < -0.4 is 0 Å². The van der Waals surface area contributed by atoms with Gasteiger partial charge in [0.1, 0.15) is 24.3 Å². The second kappa shape index (κ2) is 27.1. The monoisotopic (exact) mass is 1070 g/mol. The predicted molar refractivity (Wildman–Crippen MR) is 299 cm³/mol. The molecule has 2 saturated heterocycles. The molecule has 3 aliphatic heterocycles. The van der Waals surface area contributed by atoms with E-state index in [1.165, 1.54) is 39.2 Å². The third kappa shape index (κ3) is 17.7. The molecule has 0 spiro atoms. The van der Waals surface area contributed by atoms with Gasteiger partial charge in [-0.1, -0.05) is 60.8 Å². The number of rotatable bonds is 18. The van der Waals surface area contributed by atoms with Crippen molar-refractivity contribution in [1.82, 2.24) is 4.90 Å². The Labute approximate surface area is 458 Å². The Balaban J connectivity index is 0.905. The lowest BCUT2D eigenvalue weighted by Gasteiger charge is -2.47. The van der Waals surface area contributed by atoms with E-state index < -0.39 is 28.9 Å². The van der Waals surface area contributed by atoms with E-state index in [9.17, 15) is 24.6 Å². The molecule has 7 aliphatic rings. The molecule has 12 atom stereocenters. The van der Waals surface area contributed by atoms with Crippen LogP contribution >= 0.6 is 23.5 Å². The molecule has 0 bridgehead atoms. The second-order valence-corrected chi connectivity index (χ2v) is 26.8. The van der Waals surface area contributed by atoms with Gasteiger partial charge in [-0.05, 0) is 150 Å². The molecule has 12 unspecified atom stereocenters. The van der Waals surface area contributed by atoms with E-state index in [0.717, 1.165) is 99.9 Å². The first-order valence-corrected chi connectivity index (χ1v) is 30.0. The molecule has 0 aromatic carbocycles. The lowest BCUT2D eigenvalue weighted by Crippen LogP contribution is -2.57. The van der Waals surface area contributed by atoms with E-state index in [0.29, 0.717) is 32.6 Å². The third-order valence-corrected chi connectivity index (χ3v) is 18.5. The van der Waals surface area contributed by atoms with Gasteiger partial charge in [0.15, 0.2) is 6.54 Å². The second-order valence-electron chi connectivity index (χ2n) is 24.6. The number of carboxylic acid groups (broad SMARTS) is 1. The van der Waals surface area contributed by atoms with Gasteiger partial charge in [-0.15, -0.1) is 23.5 Å². The molecule has 7 rings (SSSR count). The van der Waals surface area contributed by atoms with Crippen LogP contribution in [0.5, 0.6) is 0 Å². The van der Waals surface area contributed by atoms with Crippen LogP contribution in [0.1, 0.15) is 159 Å². The zero-order chi connectivity index (χ0) is 54.0. The molecule has 12 nitrogen and oxygen atoms in total. The van der Waals surface area contributed by atoms with Gasteiger partial charge in [0.05, 0.1) is 71.3 Å². The van der Waals surface area contributed by atoms with Crippen LogP contribution in [-0.4, -0.2) is 137 Å². The molecule has 414 valence electrons. The molecule has 0 radical (unpaired) electrons. The summed E-state index contributed by atoms with van der Waals surface area (Å²) in [5.41, 5.74) is 2.01. The van der Waals surface area contributed by atoms with Gasteiger partial charge in [0, 0.05) is 48.3 Å². The summed E-state index contributed by atoms with van der Waals surface area (Å²) >= 11 is 2.65. The quantitative estimate of drug-likeness (QED) is 0.0336. The first kappa shape index (κ1) is 59.5. The topological polar surface area (TPSA) is 144 Å². The van der Waals surface area contributed by atoms with Gasteiger partial charge in [0.25, 0.3) is 0 Å². The summed E-state index contributed by atoms with van der Waals surface area (Å²) in [5.74, 6) is 12.9. The van der Waals surface area contributed by atoms with Crippen LogP contribution in [0.25, 0.3) is 0 Å². The summed E-state index contributed by atoms with van der Waals surface area (Å²) in [7, 11) is 0. The number of aliphatic hydroxyl groups is 1. The maximum Gasteiger partial charge on any atom is 0.390 e. The maximum atomic E-state index is 13.3. The Morgan fingerprint density at radius 1 is 0.907 bits per heavy atom. The SMILES string of the molecule is C=[N+](CC=C(C#CC(C)(C)C)SCC(=O)OC1CCCC(OC2COC(CC(C)(C)C#CC3=CC(N(C4CCC(OC5CCOC5)CC4)C(O)C4CC=C(C)CC4C)C(C(=O)O)S3)C2)C1)C(=O)C1CC=C(C)CC1C. The highest BCUT2D eigenvalue weighted by Crippen LogP contribution is 2.43. The average Bonchev–Trinajstić information content (AvgIpc) is 4.13. The smallest absolute Gasteiger partial charge is 0.390 e. The van der Waals surface area contributed by atoms with Crippen LogP contribution in [0.4, 0.5) is 0 Å². The third-order valence-electron chi connectivity index (χ3n) is 16.3. The predicted octanol–water partition coefficient (Wildman–Crippen LogP) is 10.5. The molecule has 14 heteroatoms. The van der Waals surface area contributed by atoms with Crippen LogP contribution in [0.2, 0.25) is 0 Å². The van der Waals surface area contributed by atoms with Gasteiger partial charge in [-0.25, -0.2) is 4.79 Å². The fourth-order valence-corrected chi connectivity index (χ4v) is 13.9. The van der Waals surface area contributed by atoms with Crippen LogP contribution in [0.3, 0.4) is 0 Å². The zero-order valence-corrected chi connectivity index (χ0v) is 48.2. The summed E-state index contributed by atoms with van der Waals surface area (Å²) in [4.78, 5) is 43.3. The minimum absolute atomic E-state index is 0.00176. The number of carbonyl (C=O) groups is 3. The summed E-state index contributed by atoms with van der Waals surface area (Å²) in [6.45, 7) is 25.2. The highest BCUT2D eigenvalue weighted by Gasteiger charge is 2.47. The number of esters is 1. The Hall–Kier alpha value is -3.18. The zero-order valence-electron chi connectivity index (χ0n) is 46.6. The molecule has 2 N–H and O–H groups in total. The fraction of sp³-hybridized carbons (Fsp3) is 0.738. The molecular formula is C61H89N2O10S2+. The molecular weight excluding hydrogens is 985 g/mol. The number of hydrogen-bond acceptors (Lipinski definition) is 12. The van der Waals surface area contributed by atoms with Crippen molar-refractivity contribution >= 4 is 48.1 Å². The van der Waals surface area contributed by atoms with Crippen molar-refractivity contribution in [1.29, 1.82) is 0 Å². The summed E-state index contributed by atoms with van der Waals surface area (Å²) < 4.78 is 32.5. The van der Waals surface area contributed by atoms with Gasteiger partial charge >= 0.3 is 17.8 Å². The maximum absolute atomic E-state index is 13.3. The summed E-state index contributed by atoms with van der Waals surface area (Å²) in [5, 5.41) is 22.2. The highest BCUT2D eigenvalue weighted by atomic mass is 32.2. The first-order chi connectivity index (χ1) is 35.6. The molecule has 0 aromatic heterocycles. The number of ether oxygens (including phenoxy) is 5. The van der Waals surface area contributed by atoms with Crippen molar-refractivity contribution in [2.24, 2.45) is 34.5 Å². The van der Waals surface area contributed by atoms with E-state index in [-0.39, 0.29) is 89.4 Å². The number of carbonyl (C=O) groups excluding carboxylic acids is 2. The summed E-state index contributed by atoms with van der Waals surface area (Å²) in [6, 6.07) is -0.480. The Kier molecular flexibility index (Phi) is 21.5. The number of allylic oxidation sites excluding steroid dienone is 6. The minimum atomic E-state index is -0.892. The molecule has 4 aliphatic carbocycles. The number of nitrogens with zero attached hydrogens (tertiary/aromatic N) is 2. The van der Waals surface area contributed by atoms with Crippen LogP contribution in [-0.2, 0) is 38.1 Å². The number of thioether (sulfide) groups is 2. The van der Waals surface area contributed by atoms with Gasteiger partial charge in [0.2, 0.25) is 0 Å². The normalized spacial score (nSPS) is 33.0. The van der Waals surface area contributed by atoms with Crippen molar-refractivity contribution < 1.29 is 52.9 Å². The van der Waals surface area contributed by atoms with E-state index in [4.69, 9.17) is 23.7 Å². The van der Waals surface area contributed by atoms with Gasteiger partial charge in [-0.3, -0.25) is 14.5 Å². The van der Waals surface area contributed by atoms with Crippen molar-refractivity contribution in [2.75, 3.05) is 32.1 Å². The largest absolute Gasteiger partial charge is 0.480 e. The van der Waals surface area contributed by atoms with E-state index in [1.807, 2.05) is 32.9 Å². The average molecular weight is 1070 g/mol. The number of amides is 1. The number of carboxylic acids is 1. The Morgan fingerprint density at radius 2 is 1.61 bits per heavy atom. The van der Waals surface area contributed by atoms with Gasteiger partial charge < -0.3 is 33.9 Å². The number of hydrogen-bond donors (Lipinski definition) is 2. The number of aliphatic carboxylic acids is 1. The van der Waals surface area contributed by atoms with Crippen molar-refractivity contribution in [3.05, 3.63) is 45.3 Å². The lowest BCUT2D eigenvalue weighted by molar-refractivity contribution is -0.435. The number of aliphatic hydroxyl groups excluding tert-OH is 1. The van der Waals surface area contributed by atoms with Crippen molar-refractivity contribution in [2.45, 2.75) is 219 Å². The first-order valence-electron chi connectivity index (χ1n) is 28.2. The molecule has 4 fully saturated rings. The van der Waals surface area contributed by atoms with E-state index >= 15 is 0 Å². The Morgan fingerprint density at radius 3 is 2.29 bits per heavy atom. The molecule has 1 amide bonds. The fourth-order valence-electron chi connectivity index (χ4n) is 12.2. The van der Waals surface area contributed by atoms with Crippen molar-refractivity contribution in [3.63, 3.8) is 0 Å². The van der Waals surface area contributed by atoms with Crippen LogP contribution in [0, 0.1) is 58.2 Å². The van der Waals surface area contributed by atoms with Crippen LogP contribution in [0.15, 0.2) is 45.3 Å². The standard InChI is InChI=1S/C61H88N2O10S2/c1-39-14-20-52(41(3)30-39)57(65)62(10)28-24-50(22-26-60(5,6)7)74-38-55(64)73-46-13-11-12-45(32-46)72-49-33-48(70-37-49)35-61(8,9)27-23-51-34-54(56(75-51)59(67)68)63(58(66)53-21-15-40(2)31-42(53)4)43-16-18-44(19-17-43)71-47-25-29-69-36-47/h14-15,24,34,41-49,52-54,56,58,66H,10-13,16-21,25,28-33,35-38H2,1-9H3/p+1. The van der Waals surface area contributed by atoms with E-state index in [2.05, 4.69) is 89.0 Å². The summed E-state index contributed by atoms with van der Waals surface area (Å²) in [6.07, 6.45) is 19.7. The molecule has 3 heterocycles. The minimum Gasteiger partial charge on any atom is -0.480 e. The Bertz CT molecular complexity index is 2280. The molecule has 0 aromatic rings. The van der Waals surface area contributed by atoms with E-state index in [1.54, 1.807) is 0 Å². The lowest BCUT2D eigenvalue weighted by atomic mass is 9.78. The molecule has 75 heavy (non-hydrogen) atoms. The highest BCUT2D eigenvalue weighted by molar-refractivity contribution is 8.05. The van der Waals surface area contributed by atoms with Crippen molar-refractivity contribution in [3.8, 4) is 23.7 Å². The molecule has 2 saturated carbocycles. The van der Waals surface area contributed by atoms with Gasteiger partial charge in [-0.2, -0.15) is 4.58 Å².